The molecule has 0 saturated carbocycles. The molecule has 0 nitrogen and oxygen atoms in total. The van der Waals surface area contributed by atoms with Crippen molar-refractivity contribution in [3.05, 3.63) is 23.3 Å². The lowest BCUT2D eigenvalue weighted by Crippen LogP contribution is -1.77. The van der Waals surface area contributed by atoms with Gasteiger partial charge in [0.2, 0.25) is 0 Å². The van der Waals surface area contributed by atoms with Crippen molar-refractivity contribution in [2.75, 3.05) is 0 Å². The maximum absolute atomic E-state index is 5.82. The van der Waals surface area contributed by atoms with E-state index in [1.165, 1.54) is 0 Å². The van der Waals surface area contributed by atoms with Crippen molar-refractivity contribution in [2.24, 2.45) is 0 Å². The number of allylic oxidation sites excluding steroid dienone is 4. The molecule has 0 N–H and O–H groups in total. The van der Waals surface area contributed by atoms with Crippen LogP contribution >= 0.6 is 24.0 Å². The third-order valence-corrected chi connectivity index (χ3v) is 1.76. The number of halogens is 2. The van der Waals surface area contributed by atoms with Gasteiger partial charge in [0.25, 0.3) is 0 Å². The van der Waals surface area contributed by atoms with E-state index in [4.69, 9.17) is 11.6 Å². The Morgan fingerprint density at radius 1 is 1.10 bits per heavy atom. The topological polar surface area (TPSA) is 0 Å². The molecule has 0 spiro atoms. The molecule has 0 unspecified atom stereocenters. The zero-order valence-electron chi connectivity index (χ0n) is 5.85. The van der Waals surface area contributed by atoms with Gasteiger partial charge in [-0.05, 0) is 25.7 Å². The summed E-state index contributed by atoms with van der Waals surface area (Å²) in [6, 6.07) is 0. The summed E-state index contributed by atoms with van der Waals surface area (Å²) in [6.45, 7) is 0. The Morgan fingerprint density at radius 2 is 1.80 bits per heavy atom. The van der Waals surface area contributed by atoms with Crippen LogP contribution in [0.3, 0.4) is 0 Å². The van der Waals surface area contributed by atoms with E-state index in [2.05, 4.69) is 18.2 Å². The van der Waals surface area contributed by atoms with Gasteiger partial charge >= 0.3 is 0 Å². The molecule has 0 heterocycles. The summed E-state index contributed by atoms with van der Waals surface area (Å²) in [5.74, 6) is 0. The predicted molar refractivity (Wildman–Crippen MR) is 48.8 cm³/mol. The molecule has 1 aliphatic rings. The first-order valence-corrected chi connectivity index (χ1v) is 3.77. The van der Waals surface area contributed by atoms with E-state index in [-0.39, 0.29) is 12.4 Å². The fourth-order valence-corrected chi connectivity index (χ4v) is 1.11. The fourth-order valence-electron chi connectivity index (χ4n) is 0.895. The Kier molecular flexibility index (Phi) is 5.85. The average molecular weight is 179 g/mol. The molecule has 2 heteroatoms. The Labute approximate surface area is 73.4 Å². The van der Waals surface area contributed by atoms with E-state index in [0.29, 0.717) is 0 Å². The molecule has 0 radical (unpaired) electrons. The molecule has 0 saturated heterocycles. The largest absolute Gasteiger partial charge is 0.147 e. The molecule has 0 atom stereocenters. The van der Waals surface area contributed by atoms with Crippen molar-refractivity contribution in [3.63, 3.8) is 0 Å². The minimum absolute atomic E-state index is 0. The Morgan fingerprint density at radius 3 is 2.60 bits per heavy atom. The third kappa shape index (κ3) is 3.97. The van der Waals surface area contributed by atoms with Crippen LogP contribution in [0.25, 0.3) is 0 Å². The van der Waals surface area contributed by atoms with Crippen LogP contribution in [-0.2, 0) is 0 Å². The van der Waals surface area contributed by atoms with Gasteiger partial charge in [-0.15, -0.1) is 12.4 Å². The van der Waals surface area contributed by atoms with Gasteiger partial charge in [-0.1, -0.05) is 29.8 Å². The molecule has 0 bridgehead atoms. The minimum atomic E-state index is 0. The highest BCUT2D eigenvalue weighted by molar-refractivity contribution is 6.29. The van der Waals surface area contributed by atoms with Crippen molar-refractivity contribution < 1.29 is 0 Å². The van der Waals surface area contributed by atoms with Crippen molar-refractivity contribution in [3.8, 4) is 0 Å². The molecule has 0 fully saturated rings. The van der Waals surface area contributed by atoms with Crippen LogP contribution in [0, 0.1) is 0 Å². The van der Waals surface area contributed by atoms with E-state index >= 15 is 0 Å². The lowest BCUT2D eigenvalue weighted by molar-refractivity contribution is 0.949. The molecule has 0 amide bonds. The number of rotatable bonds is 0. The Balaban J connectivity index is 0.000000810. The van der Waals surface area contributed by atoms with Gasteiger partial charge in [0, 0.05) is 5.03 Å². The maximum Gasteiger partial charge on any atom is 0.0144 e. The standard InChI is InChI=1S/C8H11Cl.ClH/c9-8-6-4-2-1-3-5-7-8;/h1-2,7H,3-6H2;1H. The summed E-state index contributed by atoms with van der Waals surface area (Å²) in [4.78, 5) is 0. The Hall–Kier alpha value is 0.0600. The average Bonchev–Trinajstić information content (AvgIpc) is 1.79. The van der Waals surface area contributed by atoms with Crippen molar-refractivity contribution in [1.29, 1.82) is 0 Å². The lowest BCUT2D eigenvalue weighted by Gasteiger charge is -1.98. The van der Waals surface area contributed by atoms with Crippen LogP contribution in [0.15, 0.2) is 23.3 Å². The number of hydrogen-bond acceptors (Lipinski definition) is 0. The molecule has 0 aromatic carbocycles. The van der Waals surface area contributed by atoms with E-state index in [1.807, 2.05) is 0 Å². The molecule has 0 aliphatic heterocycles. The van der Waals surface area contributed by atoms with E-state index < -0.39 is 0 Å². The SMILES string of the molecule is Cl.ClC1=CCCC=CCC1. The van der Waals surface area contributed by atoms with Crippen molar-refractivity contribution >= 4 is 24.0 Å². The second kappa shape index (κ2) is 5.82. The van der Waals surface area contributed by atoms with Gasteiger partial charge in [0.1, 0.15) is 0 Å². The molecule has 58 valence electrons. The normalized spacial score (nSPS) is 18.3. The van der Waals surface area contributed by atoms with Crippen LogP contribution in [-0.4, -0.2) is 0 Å². The smallest absolute Gasteiger partial charge is 0.0144 e. The summed E-state index contributed by atoms with van der Waals surface area (Å²) < 4.78 is 0. The highest BCUT2D eigenvalue weighted by Crippen LogP contribution is 2.14. The zero-order chi connectivity index (χ0) is 6.53. The quantitative estimate of drug-likeness (QED) is 0.497. The predicted octanol–water partition coefficient (Wildman–Crippen LogP) is 3.66. The van der Waals surface area contributed by atoms with Crippen LogP contribution < -0.4 is 0 Å². The highest BCUT2D eigenvalue weighted by Gasteiger charge is 1.92. The van der Waals surface area contributed by atoms with Gasteiger partial charge in [0.05, 0.1) is 0 Å². The molecule has 0 aromatic rings. The Bertz CT molecular complexity index is 136. The molecule has 0 aromatic heterocycles. The highest BCUT2D eigenvalue weighted by atomic mass is 35.5. The summed E-state index contributed by atoms with van der Waals surface area (Å²) in [5, 5.41) is 1.03. The minimum Gasteiger partial charge on any atom is -0.147 e. The fraction of sp³-hybridized carbons (Fsp3) is 0.500. The first-order valence-electron chi connectivity index (χ1n) is 3.39. The van der Waals surface area contributed by atoms with Crippen LogP contribution in [0.2, 0.25) is 0 Å². The molecular weight excluding hydrogens is 167 g/mol. The van der Waals surface area contributed by atoms with Crippen molar-refractivity contribution in [1.82, 2.24) is 0 Å². The molecule has 1 rings (SSSR count). The van der Waals surface area contributed by atoms with Gasteiger partial charge in [0.15, 0.2) is 0 Å². The summed E-state index contributed by atoms with van der Waals surface area (Å²) in [5.41, 5.74) is 0. The van der Waals surface area contributed by atoms with Gasteiger partial charge in [-0.2, -0.15) is 0 Å². The van der Waals surface area contributed by atoms with E-state index in [0.717, 1.165) is 30.7 Å². The van der Waals surface area contributed by atoms with Crippen LogP contribution in [0.1, 0.15) is 25.7 Å². The first kappa shape index (κ1) is 10.1. The maximum atomic E-state index is 5.82. The molecule has 1 aliphatic carbocycles. The van der Waals surface area contributed by atoms with E-state index in [9.17, 15) is 0 Å². The van der Waals surface area contributed by atoms with Gasteiger partial charge < -0.3 is 0 Å². The van der Waals surface area contributed by atoms with Gasteiger partial charge in [-0.25, -0.2) is 0 Å². The second-order valence-corrected chi connectivity index (χ2v) is 2.72. The summed E-state index contributed by atoms with van der Waals surface area (Å²) >= 11 is 5.82. The van der Waals surface area contributed by atoms with Crippen LogP contribution in [0.4, 0.5) is 0 Å². The first-order chi connectivity index (χ1) is 4.39. The summed E-state index contributed by atoms with van der Waals surface area (Å²) in [6.07, 6.45) is 10.9. The lowest BCUT2D eigenvalue weighted by atomic mass is 10.1. The van der Waals surface area contributed by atoms with Gasteiger partial charge in [-0.3, -0.25) is 0 Å². The van der Waals surface area contributed by atoms with Crippen LogP contribution in [0.5, 0.6) is 0 Å². The number of hydrogen-bond donors (Lipinski definition) is 0. The zero-order valence-corrected chi connectivity index (χ0v) is 7.42. The second-order valence-electron chi connectivity index (χ2n) is 2.24. The third-order valence-electron chi connectivity index (χ3n) is 1.42. The monoisotopic (exact) mass is 178 g/mol. The van der Waals surface area contributed by atoms with E-state index in [1.54, 1.807) is 0 Å². The molecular formula is C8H12Cl2. The summed E-state index contributed by atoms with van der Waals surface area (Å²) in [7, 11) is 0. The van der Waals surface area contributed by atoms with Crippen molar-refractivity contribution in [2.45, 2.75) is 25.7 Å². The molecule has 10 heavy (non-hydrogen) atoms.